The van der Waals surface area contributed by atoms with Crippen LogP contribution in [0.5, 0.6) is 11.5 Å². The van der Waals surface area contributed by atoms with Crippen molar-refractivity contribution >= 4 is 11.2 Å². The van der Waals surface area contributed by atoms with Gasteiger partial charge in [-0.25, -0.2) is 0 Å². The van der Waals surface area contributed by atoms with Crippen LogP contribution in [0.25, 0.3) is 0 Å². The van der Waals surface area contributed by atoms with Crippen LogP contribution in [-0.4, -0.2) is 22.3 Å². The molecule has 1 aromatic rings. The van der Waals surface area contributed by atoms with Crippen LogP contribution in [0.2, 0.25) is 0 Å². The molecule has 0 aliphatic carbocycles. The lowest BCUT2D eigenvalue weighted by Crippen LogP contribution is -2.23. The van der Waals surface area contributed by atoms with E-state index in [0.717, 1.165) is 30.1 Å². The van der Waals surface area contributed by atoms with Crippen LogP contribution in [0.4, 0.5) is 0 Å². The lowest BCUT2D eigenvalue weighted by atomic mass is 10.1. The van der Waals surface area contributed by atoms with Gasteiger partial charge in [-0.3, -0.25) is 0 Å². The number of hydrogen-bond acceptors (Lipinski definition) is 3. The summed E-state index contributed by atoms with van der Waals surface area (Å²) in [6.07, 6.45) is 8.32. The van der Waals surface area contributed by atoms with E-state index in [1.807, 2.05) is 18.2 Å². The van der Waals surface area contributed by atoms with Gasteiger partial charge in [0.15, 0.2) is 11.5 Å². The number of benzene rings is 1. The zero-order valence-electron chi connectivity index (χ0n) is 13.8. The molecule has 0 radical (unpaired) electrons. The molecule has 2 unspecified atom stereocenters. The average Bonchev–Trinajstić information content (AvgIpc) is 2.98. The van der Waals surface area contributed by atoms with Crippen LogP contribution in [0.3, 0.4) is 0 Å². The van der Waals surface area contributed by atoms with Gasteiger partial charge in [0.1, 0.15) is 11.0 Å². The molecule has 1 aromatic carbocycles. The van der Waals surface area contributed by atoms with Crippen molar-refractivity contribution in [2.24, 2.45) is 0 Å². The summed E-state index contributed by atoms with van der Waals surface area (Å²) in [4.78, 5) is 0. The maximum absolute atomic E-state index is 12.3. The van der Waals surface area contributed by atoms with E-state index in [4.69, 9.17) is 9.47 Å². The molecule has 2 atom stereocenters. The summed E-state index contributed by atoms with van der Waals surface area (Å²) in [5.41, 5.74) is 1.17. The van der Waals surface area contributed by atoms with Crippen molar-refractivity contribution in [3.8, 4) is 11.5 Å². The molecule has 1 aliphatic rings. The van der Waals surface area contributed by atoms with E-state index in [-0.39, 0.29) is 12.7 Å². The van der Waals surface area contributed by atoms with Gasteiger partial charge >= 0.3 is 0 Å². The Morgan fingerprint density at radius 2 is 1.78 bits per heavy atom. The second kappa shape index (κ2) is 10.8. The molecule has 0 N–H and O–H groups in total. The Kier molecular flexibility index (Phi) is 9.49. The Bertz CT molecular complexity index is 450. The van der Waals surface area contributed by atoms with Crippen molar-refractivity contribution in [3.63, 3.8) is 0 Å². The summed E-state index contributed by atoms with van der Waals surface area (Å²) < 4.78 is 23.0. The largest absolute Gasteiger partial charge is 0.616 e. The maximum atomic E-state index is 12.3. The quantitative estimate of drug-likeness (QED) is 0.440. The third-order valence-electron chi connectivity index (χ3n) is 4.11. The van der Waals surface area contributed by atoms with E-state index in [2.05, 4.69) is 13.8 Å². The van der Waals surface area contributed by atoms with E-state index in [9.17, 15) is 4.55 Å². The third kappa shape index (κ3) is 6.64. The Labute approximate surface area is 144 Å². The molecule has 23 heavy (non-hydrogen) atoms. The number of ether oxygens (including phenoxy) is 2. The molecule has 1 heterocycles. The summed E-state index contributed by atoms with van der Waals surface area (Å²) in [6.45, 7) is 4.61. The lowest BCUT2D eigenvalue weighted by Gasteiger charge is -2.18. The number of fused-ring (bicyclic) bond motifs is 1. The van der Waals surface area contributed by atoms with E-state index in [0.29, 0.717) is 6.79 Å². The van der Waals surface area contributed by atoms with Crippen molar-refractivity contribution in [1.82, 2.24) is 0 Å². The van der Waals surface area contributed by atoms with Crippen LogP contribution in [0, 0.1) is 0 Å². The van der Waals surface area contributed by atoms with Crippen LogP contribution in [0.15, 0.2) is 18.2 Å². The van der Waals surface area contributed by atoms with E-state index < -0.39 is 11.2 Å². The Morgan fingerprint density at radius 1 is 1.09 bits per heavy atom. The highest BCUT2D eigenvalue weighted by atomic mass is 32.2. The minimum atomic E-state index is -0.743. The van der Waals surface area contributed by atoms with Crippen LogP contribution < -0.4 is 9.47 Å². The summed E-state index contributed by atoms with van der Waals surface area (Å²) in [7, 11) is 0. The molecule has 132 valence electrons. The van der Waals surface area contributed by atoms with Gasteiger partial charge in [0.25, 0.3) is 0 Å². The fourth-order valence-electron chi connectivity index (χ4n) is 2.72. The van der Waals surface area contributed by atoms with Crippen molar-refractivity contribution in [2.45, 2.75) is 71.5 Å². The molecule has 0 fully saturated rings. The SMILES string of the molecule is C.CCCCCCCC[S+]([O-])C(C)Cc1ccc2c(c1)OCO2. The summed E-state index contributed by atoms with van der Waals surface area (Å²) in [6, 6.07) is 6.01. The van der Waals surface area contributed by atoms with Gasteiger partial charge in [-0.2, -0.15) is 0 Å². The molecular formula is C19H32O3S. The van der Waals surface area contributed by atoms with Gasteiger partial charge in [-0.15, -0.1) is 0 Å². The van der Waals surface area contributed by atoms with Gasteiger partial charge < -0.3 is 14.0 Å². The Morgan fingerprint density at radius 3 is 2.57 bits per heavy atom. The molecule has 0 amide bonds. The second-order valence-electron chi connectivity index (χ2n) is 6.05. The standard InChI is InChI=1S/C18H28O3S.CH4/c1-3-4-5-6-7-8-11-22(19)15(2)12-16-9-10-17-18(13-16)21-14-20-17;/h9-10,13,15H,3-8,11-12,14H2,1-2H3;1H4. The topological polar surface area (TPSA) is 41.5 Å². The molecule has 0 aromatic heterocycles. The number of hydrogen-bond donors (Lipinski definition) is 0. The summed E-state index contributed by atoms with van der Waals surface area (Å²) in [5.74, 6) is 2.45. The Hall–Kier alpha value is -0.870. The highest BCUT2D eigenvalue weighted by molar-refractivity contribution is 7.91. The monoisotopic (exact) mass is 340 g/mol. The lowest BCUT2D eigenvalue weighted by molar-refractivity contribution is 0.174. The fraction of sp³-hybridized carbons (Fsp3) is 0.684. The molecule has 0 spiro atoms. The summed E-state index contributed by atoms with van der Waals surface area (Å²) >= 11 is -0.743. The van der Waals surface area contributed by atoms with E-state index >= 15 is 0 Å². The van der Waals surface area contributed by atoms with Gasteiger partial charge in [0.2, 0.25) is 6.79 Å². The minimum absolute atomic E-state index is 0. The van der Waals surface area contributed by atoms with Crippen LogP contribution >= 0.6 is 0 Å². The van der Waals surface area contributed by atoms with Gasteiger partial charge in [-0.1, -0.05) is 57.3 Å². The molecular weight excluding hydrogens is 308 g/mol. The highest BCUT2D eigenvalue weighted by Gasteiger charge is 2.19. The first kappa shape index (κ1) is 20.2. The molecule has 4 heteroatoms. The van der Waals surface area contributed by atoms with Crippen molar-refractivity contribution in [1.29, 1.82) is 0 Å². The highest BCUT2D eigenvalue weighted by Crippen LogP contribution is 2.33. The van der Waals surface area contributed by atoms with Crippen LogP contribution in [-0.2, 0) is 17.6 Å². The maximum Gasteiger partial charge on any atom is 0.231 e. The third-order valence-corrected chi connectivity index (χ3v) is 5.86. The van der Waals surface area contributed by atoms with E-state index in [1.54, 1.807) is 0 Å². The second-order valence-corrected chi connectivity index (χ2v) is 8.03. The molecule has 2 rings (SSSR count). The smallest absolute Gasteiger partial charge is 0.231 e. The van der Waals surface area contributed by atoms with Crippen molar-refractivity contribution in [2.75, 3.05) is 12.5 Å². The number of unbranched alkanes of at least 4 members (excludes halogenated alkanes) is 5. The molecule has 1 aliphatic heterocycles. The van der Waals surface area contributed by atoms with Crippen molar-refractivity contribution < 1.29 is 14.0 Å². The zero-order valence-corrected chi connectivity index (χ0v) is 14.6. The van der Waals surface area contributed by atoms with Crippen LogP contribution in [0.1, 0.15) is 65.4 Å². The van der Waals surface area contributed by atoms with Crippen molar-refractivity contribution in [3.05, 3.63) is 23.8 Å². The number of rotatable bonds is 10. The molecule has 0 saturated heterocycles. The normalized spacial score (nSPS) is 15.1. The first-order valence-electron chi connectivity index (χ1n) is 8.46. The molecule has 0 saturated carbocycles. The first-order valence-corrected chi connectivity index (χ1v) is 9.84. The fourth-order valence-corrected chi connectivity index (χ4v) is 3.99. The zero-order chi connectivity index (χ0) is 15.8. The Balaban J connectivity index is 0.00000264. The summed E-state index contributed by atoms with van der Waals surface area (Å²) in [5, 5.41) is 0.191. The van der Waals surface area contributed by atoms with E-state index in [1.165, 1.54) is 37.7 Å². The predicted molar refractivity (Wildman–Crippen MR) is 98.8 cm³/mol. The average molecular weight is 341 g/mol. The molecule has 3 nitrogen and oxygen atoms in total. The predicted octanol–water partition coefficient (Wildman–Crippen LogP) is 5.09. The van der Waals surface area contributed by atoms with Gasteiger partial charge in [0, 0.05) is 6.42 Å². The molecule has 0 bridgehead atoms. The first-order chi connectivity index (χ1) is 10.7. The van der Waals surface area contributed by atoms with Gasteiger partial charge in [-0.05, 0) is 37.5 Å². The minimum Gasteiger partial charge on any atom is -0.616 e. The van der Waals surface area contributed by atoms with Gasteiger partial charge in [0.05, 0.1) is 0 Å².